The Morgan fingerprint density at radius 2 is 2.00 bits per heavy atom. The molecule has 0 radical (unpaired) electrons. The van der Waals surface area contributed by atoms with Gasteiger partial charge < -0.3 is 5.32 Å². The van der Waals surface area contributed by atoms with Crippen molar-refractivity contribution in [3.63, 3.8) is 0 Å². The topological polar surface area (TPSA) is 12.0 Å². The molecule has 0 amide bonds. The van der Waals surface area contributed by atoms with Crippen LogP contribution in [-0.4, -0.2) is 13.1 Å². The Labute approximate surface area is 74.5 Å². The second-order valence-corrected chi connectivity index (χ2v) is 3.88. The number of fused-ring (bicyclic) bond motifs is 1. The van der Waals surface area contributed by atoms with Crippen molar-refractivity contribution < 1.29 is 0 Å². The fraction of sp³-hybridized carbons (Fsp3) is 0.636. The second-order valence-electron chi connectivity index (χ2n) is 3.88. The average Bonchev–Trinajstić information content (AvgIpc) is 2.28. The summed E-state index contributed by atoms with van der Waals surface area (Å²) in [7, 11) is 0. The van der Waals surface area contributed by atoms with E-state index in [0.717, 1.165) is 19.0 Å². The smallest absolute Gasteiger partial charge is 0.000824 e. The van der Waals surface area contributed by atoms with Gasteiger partial charge in [0.15, 0.2) is 0 Å². The van der Waals surface area contributed by atoms with Crippen molar-refractivity contribution in [1.82, 2.24) is 5.32 Å². The van der Waals surface area contributed by atoms with Crippen LogP contribution in [-0.2, 0) is 0 Å². The van der Waals surface area contributed by atoms with Gasteiger partial charge in [0.2, 0.25) is 0 Å². The molecule has 2 rings (SSSR count). The summed E-state index contributed by atoms with van der Waals surface area (Å²) in [5.41, 5.74) is 3.22. The first-order valence-electron chi connectivity index (χ1n) is 4.97. The molecule has 1 heteroatoms. The highest BCUT2D eigenvalue weighted by atomic mass is 14.8. The molecule has 0 saturated carbocycles. The van der Waals surface area contributed by atoms with E-state index in [0.29, 0.717) is 0 Å². The number of nitrogens with one attached hydrogen (secondary N) is 1. The van der Waals surface area contributed by atoms with E-state index in [4.69, 9.17) is 0 Å². The van der Waals surface area contributed by atoms with E-state index < -0.39 is 0 Å². The third kappa shape index (κ3) is 1.61. The molecule has 1 N–H and O–H groups in total. The third-order valence-corrected chi connectivity index (χ3v) is 2.78. The zero-order chi connectivity index (χ0) is 8.39. The molecule has 1 nitrogen and oxygen atoms in total. The van der Waals surface area contributed by atoms with Crippen LogP contribution < -0.4 is 5.32 Å². The lowest BCUT2D eigenvalue weighted by atomic mass is 9.89. The van der Waals surface area contributed by atoms with Gasteiger partial charge in [0.1, 0.15) is 0 Å². The zero-order valence-electron chi connectivity index (χ0n) is 7.77. The first-order chi connectivity index (χ1) is 5.86. The van der Waals surface area contributed by atoms with Gasteiger partial charge in [0.25, 0.3) is 0 Å². The fourth-order valence-corrected chi connectivity index (χ4v) is 2.06. The van der Waals surface area contributed by atoms with E-state index in [1.807, 2.05) is 0 Å². The molecular weight excluding hydrogens is 146 g/mol. The third-order valence-electron chi connectivity index (χ3n) is 2.78. The highest BCUT2D eigenvalue weighted by Crippen LogP contribution is 2.27. The summed E-state index contributed by atoms with van der Waals surface area (Å²) in [5.74, 6) is 0.766. The molecule has 1 unspecified atom stereocenters. The summed E-state index contributed by atoms with van der Waals surface area (Å²) in [6.45, 7) is 4.63. The molecular formula is C11H17N. The number of hydrogen-bond donors (Lipinski definition) is 1. The largest absolute Gasteiger partial charge is 0.316 e. The zero-order valence-corrected chi connectivity index (χ0v) is 7.77. The van der Waals surface area contributed by atoms with Gasteiger partial charge >= 0.3 is 0 Å². The summed E-state index contributed by atoms with van der Waals surface area (Å²) >= 11 is 0. The van der Waals surface area contributed by atoms with Gasteiger partial charge in [-0.05, 0) is 49.4 Å². The Morgan fingerprint density at radius 3 is 2.83 bits per heavy atom. The van der Waals surface area contributed by atoms with Crippen LogP contribution in [0, 0.1) is 5.92 Å². The summed E-state index contributed by atoms with van der Waals surface area (Å²) in [6, 6.07) is 0. The van der Waals surface area contributed by atoms with Crippen molar-refractivity contribution in [2.24, 2.45) is 5.92 Å². The van der Waals surface area contributed by atoms with E-state index in [1.165, 1.54) is 19.3 Å². The molecule has 66 valence electrons. The molecule has 0 bridgehead atoms. The molecule has 0 aromatic heterocycles. The lowest BCUT2D eigenvalue weighted by Gasteiger charge is -2.16. The number of rotatable bonds is 0. The van der Waals surface area contributed by atoms with Crippen molar-refractivity contribution in [3.8, 4) is 0 Å². The Balaban J connectivity index is 2.18. The molecule has 1 aliphatic carbocycles. The molecule has 0 aromatic carbocycles. The molecule has 12 heavy (non-hydrogen) atoms. The lowest BCUT2D eigenvalue weighted by Crippen LogP contribution is -2.13. The minimum absolute atomic E-state index is 0.766. The fourth-order valence-electron chi connectivity index (χ4n) is 2.06. The minimum Gasteiger partial charge on any atom is -0.316 e. The molecule has 1 heterocycles. The predicted molar refractivity (Wildman–Crippen MR) is 52.1 cm³/mol. The van der Waals surface area contributed by atoms with E-state index >= 15 is 0 Å². The standard InChI is InChI=1S/C11H17N/c1-9-2-3-10-4-6-12-7-5-11(10)8-9/h3,8-9,12H,2,4-7H2,1H3. The highest BCUT2D eigenvalue weighted by molar-refractivity contribution is 5.35. The average molecular weight is 163 g/mol. The highest BCUT2D eigenvalue weighted by Gasteiger charge is 2.14. The quantitative estimate of drug-likeness (QED) is 0.577. The predicted octanol–water partition coefficient (Wildman–Crippen LogP) is 2.26. The first kappa shape index (κ1) is 8.06. The molecule has 1 saturated heterocycles. The van der Waals surface area contributed by atoms with Crippen molar-refractivity contribution in [2.75, 3.05) is 13.1 Å². The lowest BCUT2D eigenvalue weighted by molar-refractivity contribution is 0.710. The summed E-state index contributed by atoms with van der Waals surface area (Å²) in [4.78, 5) is 0. The van der Waals surface area contributed by atoms with Gasteiger partial charge in [-0.25, -0.2) is 0 Å². The van der Waals surface area contributed by atoms with Gasteiger partial charge in [-0.2, -0.15) is 0 Å². The van der Waals surface area contributed by atoms with Crippen molar-refractivity contribution in [2.45, 2.75) is 26.2 Å². The molecule has 1 fully saturated rings. The van der Waals surface area contributed by atoms with E-state index in [2.05, 4.69) is 24.4 Å². The van der Waals surface area contributed by atoms with Crippen LogP contribution in [0.2, 0.25) is 0 Å². The normalized spacial score (nSPS) is 29.9. The molecule has 1 aliphatic heterocycles. The SMILES string of the molecule is CC1C=C2CCNCCC2=CC1. The van der Waals surface area contributed by atoms with E-state index in [9.17, 15) is 0 Å². The van der Waals surface area contributed by atoms with Gasteiger partial charge in [-0.1, -0.05) is 19.1 Å². The van der Waals surface area contributed by atoms with Crippen LogP contribution in [0.4, 0.5) is 0 Å². The maximum atomic E-state index is 3.44. The Morgan fingerprint density at radius 1 is 1.25 bits per heavy atom. The minimum atomic E-state index is 0.766. The second kappa shape index (κ2) is 3.44. The van der Waals surface area contributed by atoms with Gasteiger partial charge in [0, 0.05) is 0 Å². The molecule has 1 atom stereocenters. The summed E-state index contributed by atoms with van der Waals surface area (Å²) < 4.78 is 0. The monoisotopic (exact) mass is 163 g/mol. The molecule has 0 aromatic rings. The van der Waals surface area contributed by atoms with Crippen molar-refractivity contribution in [3.05, 3.63) is 23.3 Å². The maximum Gasteiger partial charge on any atom is -0.000824 e. The first-order valence-corrected chi connectivity index (χ1v) is 4.97. The van der Waals surface area contributed by atoms with Crippen LogP contribution >= 0.6 is 0 Å². The number of hydrogen-bond acceptors (Lipinski definition) is 1. The van der Waals surface area contributed by atoms with Crippen LogP contribution in [0.3, 0.4) is 0 Å². The van der Waals surface area contributed by atoms with Crippen LogP contribution in [0.1, 0.15) is 26.2 Å². The Kier molecular flexibility index (Phi) is 2.31. The van der Waals surface area contributed by atoms with Gasteiger partial charge in [0.05, 0.1) is 0 Å². The Bertz CT molecular complexity index is 225. The Hall–Kier alpha value is -0.560. The van der Waals surface area contributed by atoms with Crippen molar-refractivity contribution >= 4 is 0 Å². The van der Waals surface area contributed by atoms with Crippen molar-refractivity contribution in [1.29, 1.82) is 0 Å². The summed E-state index contributed by atoms with van der Waals surface area (Å²) in [6.07, 6.45) is 8.61. The van der Waals surface area contributed by atoms with Crippen LogP contribution in [0.5, 0.6) is 0 Å². The van der Waals surface area contributed by atoms with E-state index in [-0.39, 0.29) is 0 Å². The van der Waals surface area contributed by atoms with Crippen LogP contribution in [0.25, 0.3) is 0 Å². The molecule has 2 aliphatic rings. The summed E-state index contributed by atoms with van der Waals surface area (Å²) in [5, 5.41) is 3.44. The maximum absolute atomic E-state index is 3.44. The molecule has 0 spiro atoms. The van der Waals surface area contributed by atoms with Gasteiger partial charge in [-0.15, -0.1) is 0 Å². The van der Waals surface area contributed by atoms with Gasteiger partial charge in [-0.3, -0.25) is 0 Å². The number of allylic oxidation sites excluding steroid dienone is 2. The van der Waals surface area contributed by atoms with E-state index in [1.54, 1.807) is 11.1 Å². The van der Waals surface area contributed by atoms with Crippen LogP contribution in [0.15, 0.2) is 23.3 Å².